The molecule has 0 spiro atoms. The molecule has 0 aliphatic rings. The van der Waals surface area contributed by atoms with E-state index in [-0.39, 0.29) is 0 Å². The van der Waals surface area contributed by atoms with Crippen LogP contribution in [0, 0.1) is 0 Å². The summed E-state index contributed by atoms with van der Waals surface area (Å²) in [6, 6.07) is -0.517. The molecule has 17 heavy (non-hydrogen) atoms. The molecule has 4 heteroatoms. The van der Waals surface area contributed by atoms with E-state index in [9.17, 15) is 4.79 Å². The summed E-state index contributed by atoms with van der Waals surface area (Å²) in [5.74, 6) is 0. The number of urea groups is 1. The lowest BCUT2D eigenvalue weighted by molar-refractivity contribution is 0.244. The van der Waals surface area contributed by atoms with Gasteiger partial charge in [0, 0.05) is 6.54 Å². The third-order valence-electron chi connectivity index (χ3n) is 2.87. The van der Waals surface area contributed by atoms with Crippen LogP contribution in [0.1, 0.15) is 71.1 Å². The van der Waals surface area contributed by atoms with Crippen LogP contribution in [0.3, 0.4) is 0 Å². The number of hydrogen-bond acceptors (Lipinski definition) is 2. The van der Waals surface area contributed by atoms with Crippen LogP contribution in [-0.4, -0.2) is 12.6 Å². The first-order valence-corrected chi connectivity index (χ1v) is 7.05. The fraction of sp³-hybridized carbons (Fsp3) is 0.923. The molecule has 0 unspecified atom stereocenters. The molecule has 102 valence electrons. The number of unbranched alkanes of at least 4 members (excludes halogenated alkanes) is 9. The predicted octanol–water partition coefficient (Wildman–Crippen LogP) is 3.08. The lowest BCUT2D eigenvalue weighted by atomic mass is 10.1. The molecule has 0 bridgehead atoms. The molecule has 4 nitrogen and oxygen atoms in total. The van der Waals surface area contributed by atoms with Gasteiger partial charge in [-0.05, 0) is 6.42 Å². The van der Waals surface area contributed by atoms with Crippen molar-refractivity contribution >= 4 is 6.03 Å². The number of carbonyl (C=O) groups excluding carboxylic acids is 1. The van der Waals surface area contributed by atoms with E-state index in [0.29, 0.717) is 0 Å². The van der Waals surface area contributed by atoms with Gasteiger partial charge in [0.2, 0.25) is 0 Å². The van der Waals surface area contributed by atoms with Crippen LogP contribution in [0.5, 0.6) is 0 Å². The topological polar surface area (TPSA) is 67.2 Å². The van der Waals surface area contributed by atoms with Gasteiger partial charge in [-0.25, -0.2) is 10.2 Å². The predicted molar refractivity (Wildman–Crippen MR) is 72.6 cm³/mol. The van der Waals surface area contributed by atoms with Gasteiger partial charge >= 0.3 is 6.03 Å². The fourth-order valence-electron chi connectivity index (χ4n) is 1.85. The maximum absolute atomic E-state index is 10.3. The van der Waals surface area contributed by atoms with Gasteiger partial charge in [-0.3, -0.25) is 5.43 Å². The average Bonchev–Trinajstić information content (AvgIpc) is 2.30. The molecule has 4 N–H and O–H groups in total. The Bertz CT molecular complexity index is 174. The summed E-state index contributed by atoms with van der Waals surface area (Å²) in [5.41, 5.74) is 10.1. The second-order valence-corrected chi connectivity index (χ2v) is 4.60. The fourth-order valence-corrected chi connectivity index (χ4v) is 1.85. The molecule has 0 aliphatic heterocycles. The highest BCUT2D eigenvalue weighted by atomic mass is 16.2. The minimum absolute atomic E-state index is 0.517. The first kappa shape index (κ1) is 16.2. The van der Waals surface area contributed by atoms with Crippen LogP contribution in [0.2, 0.25) is 0 Å². The first-order chi connectivity index (χ1) is 8.27. The molecule has 0 atom stereocenters. The molecular formula is C13H29N3O. The SMILES string of the molecule is CCCCCCCCCCCCNNC(N)=O. The molecule has 0 fully saturated rings. The number of rotatable bonds is 12. The molecule has 0 aromatic carbocycles. The van der Waals surface area contributed by atoms with Gasteiger partial charge < -0.3 is 5.73 Å². The molecule has 0 radical (unpaired) electrons. The molecule has 2 amide bonds. The van der Waals surface area contributed by atoms with Gasteiger partial charge in [0.15, 0.2) is 0 Å². The smallest absolute Gasteiger partial charge is 0.326 e. The number of hydrazine groups is 1. The summed E-state index contributed by atoms with van der Waals surface area (Å²) < 4.78 is 0. The minimum Gasteiger partial charge on any atom is -0.351 e. The van der Waals surface area contributed by atoms with E-state index in [1.165, 1.54) is 57.8 Å². The van der Waals surface area contributed by atoms with Crippen LogP contribution in [-0.2, 0) is 0 Å². The molecule has 0 saturated carbocycles. The van der Waals surface area contributed by atoms with Crippen LogP contribution in [0.25, 0.3) is 0 Å². The second-order valence-electron chi connectivity index (χ2n) is 4.60. The number of primary amides is 1. The molecular weight excluding hydrogens is 214 g/mol. The zero-order chi connectivity index (χ0) is 12.8. The molecule has 0 rings (SSSR count). The summed E-state index contributed by atoms with van der Waals surface area (Å²) in [6.07, 6.45) is 13.2. The third-order valence-corrected chi connectivity index (χ3v) is 2.87. The number of nitrogens with one attached hydrogen (secondary N) is 2. The van der Waals surface area contributed by atoms with E-state index in [0.717, 1.165) is 13.0 Å². The molecule has 0 saturated heterocycles. The van der Waals surface area contributed by atoms with Crippen molar-refractivity contribution in [3.8, 4) is 0 Å². The molecule has 0 aromatic rings. The van der Waals surface area contributed by atoms with E-state index in [1.54, 1.807) is 0 Å². The van der Waals surface area contributed by atoms with Crippen LogP contribution in [0.15, 0.2) is 0 Å². The highest BCUT2D eigenvalue weighted by molar-refractivity contribution is 5.70. The van der Waals surface area contributed by atoms with Gasteiger partial charge in [-0.2, -0.15) is 0 Å². The minimum atomic E-state index is -0.517. The average molecular weight is 243 g/mol. The zero-order valence-corrected chi connectivity index (χ0v) is 11.3. The number of nitrogens with two attached hydrogens (primary N) is 1. The number of amides is 2. The van der Waals surface area contributed by atoms with E-state index < -0.39 is 6.03 Å². The van der Waals surface area contributed by atoms with Crippen LogP contribution in [0.4, 0.5) is 4.79 Å². The largest absolute Gasteiger partial charge is 0.351 e. The summed E-state index contributed by atoms with van der Waals surface area (Å²) >= 11 is 0. The Labute approximate surface area is 106 Å². The Hall–Kier alpha value is -0.770. The Morgan fingerprint density at radius 3 is 1.82 bits per heavy atom. The van der Waals surface area contributed by atoms with Crippen molar-refractivity contribution in [1.29, 1.82) is 0 Å². The number of carbonyl (C=O) groups is 1. The van der Waals surface area contributed by atoms with Crippen molar-refractivity contribution in [2.24, 2.45) is 5.73 Å². The van der Waals surface area contributed by atoms with Crippen molar-refractivity contribution in [1.82, 2.24) is 10.9 Å². The monoisotopic (exact) mass is 243 g/mol. The Morgan fingerprint density at radius 1 is 0.882 bits per heavy atom. The van der Waals surface area contributed by atoms with Crippen molar-refractivity contribution in [3.63, 3.8) is 0 Å². The van der Waals surface area contributed by atoms with Crippen molar-refractivity contribution in [3.05, 3.63) is 0 Å². The Balaban J connectivity index is 2.91. The van der Waals surface area contributed by atoms with E-state index in [4.69, 9.17) is 5.73 Å². The maximum atomic E-state index is 10.3. The molecule has 0 heterocycles. The lowest BCUT2D eigenvalue weighted by Crippen LogP contribution is -2.41. The van der Waals surface area contributed by atoms with Crippen molar-refractivity contribution < 1.29 is 4.79 Å². The summed E-state index contributed by atoms with van der Waals surface area (Å²) in [5, 5.41) is 0. The highest BCUT2D eigenvalue weighted by Gasteiger charge is 1.93. The summed E-state index contributed by atoms with van der Waals surface area (Å²) in [6.45, 7) is 3.06. The van der Waals surface area contributed by atoms with E-state index >= 15 is 0 Å². The quantitative estimate of drug-likeness (QED) is 0.364. The van der Waals surface area contributed by atoms with E-state index in [2.05, 4.69) is 17.8 Å². The number of hydrogen-bond donors (Lipinski definition) is 3. The van der Waals surface area contributed by atoms with E-state index in [1.807, 2.05) is 0 Å². The van der Waals surface area contributed by atoms with Crippen molar-refractivity contribution in [2.45, 2.75) is 71.1 Å². The Kier molecular flexibility index (Phi) is 12.7. The molecule has 0 aliphatic carbocycles. The van der Waals surface area contributed by atoms with Crippen LogP contribution < -0.4 is 16.6 Å². The van der Waals surface area contributed by atoms with Crippen LogP contribution >= 0.6 is 0 Å². The summed E-state index contributed by atoms with van der Waals surface area (Å²) in [4.78, 5) is 10.3. The van der Waals surface area contributed by atoms with Crippen molar-refractivity contribution in [2.75, 3.05) is 6.54 Å². The zero-order valence-electron chi connectivity index (χ0n) is 11.3. The molecule has 0 aromatic heterocycles. The highest BCUT2D eigenvalue weighted by Crippen LogP contribution is 2.09. The maximum Gasteiger partial charge on any atom is 0.326 e. The van der Waals surface area contributed by atoms with Gasteiger partial charge in [-0.1, -0.05) is 64.7 Å². The van der Waals surface area contributed by atoms with Gasteiger partial charge in [0.1, 0.15) is 0 Å². The lowest BCUT2D eigenvalue weighted by Gasteiger charge is -2.04. The van der Waals surface area contributed by atoms with Gasteiger partial charge in [0.05, 0.1) is 0 Å². The summed E-state index contributed by atoms with van der Waals surface area (Å²) in [7, 11) is 0. The van der Waals surface area contributed by atoms with Gasteiger partial charge in [0.25, 0.3) is 0 Å². The normalized spacial score (nSPS) is 10.4. The standard InChI is InChI=1S/C13H29N3O/c1-2-3-4-5-6-7-8-9-10-11-12-15-16-13(14)17/h15H,2-12H2,1H3,(H3,14,16,17). The Morgan fingerprint density at radius 2 is 1.35 bits per heavy atom. The second kappa shape index (κ2) is 13.3. The first-order valence-electron chi connectivity index (χ1n) is 7.05. The third kappa shape index (κ3) is 15.2. The van der Waals surface area contributed by atoms with Gasteiger partial charge in [-0.15, -0.1) is 0 Å².